The van der Waals surface area contributed by atoms with Crippen molar-refractivity contribution in [3.05, 3.63) is 59.2 Å². The molecule has 138 valence electrons. The first-order chi connectivity index (χ1) is 12.2. The SMILES string of the molecule is Cc1cccc(O[C@@H](C)C(=O)N[C@@H]2CC(C)(C)Oc3ccc(C)cc32)c1. The van der Waals surface area contributed by atoms with Gasteiger partial charge in [-0.25, -0.2) is 0 Å². The molecular weight excluding hydrogens is 326 g/mol. The van der Waals surface area contributed by atoms with Crippen LogP contribution in [0.1, 0.15) is 49.9 Å². The van der Waals surface area contributed by atoms with Crippen LogP contribution in [0.4, 0.5) is 0 Å². The number of nitrogens with one attached hydrogen (secondary N) is 1. The van der Waals surface area contributed by atoms with Crippen molar-refractivity contribution in [3.8, 4) is 11.5 Å². The summed E-state index contributed by atoms with van der Waals surface area (Å²) < 4.78 is 11.9. The van der Waals surface area contributed by atoms with Crippen LogP contribution in [-0.2, 0) is 4.79 Å². The second-order valence-corrected chi connectivity index (χ2v) is 7.74. The molecule has 26 heavy (non-hydrogen) atoms. The van der Waals surface area contributed by atoms with E-state index in [2.05, 4.69) is 11.4 Å². The van der Waals surface area contributed by atoms with Crippen molar-refractivity contribution in [1.29, 1.82) is 0 Å². The Morgan fingerprint density at radius 3 is 2.65 bits per heavy atom. The summed E-state index contributed by atoms with van der Waals surface area (Å²) in [5.41, 5.74) is 2.95. The van der Waals surface area contributed by atoms with Gasteiger partial charge in [0, 0.05) is 12.0 Å². The molecule has 2 atom stereocenters. The molecule has 4 heteroatoms. The highest BCUT2D eigenvalue weighted by Crippen LogP contribution is 2.39. The molecule has 0 bridgehead atoms. The molecule has 0 aliphatic carbocycles. The molecule has 1 heterocycles. The van der Waals surface area contributed by atoms with Gasteiger partial charge in [0.15, 0.2) is 6.10 Å². The molecule has 4 nitrogen and oxygen atoms in total. The first kappa shape index (κ1) is 18.3. The number of fused-ring (bicyclic) bond motifs is 1. The second kappa shape index (κ2) is 7.02. The Morgan fingerprint density at radius 1 is 1.19 bits per heavy atom. The van der Waals surface area contributed by atoms with Gasteiger partial charge in [0.05, 0.1) is 6.04 Å². The van der Waals surface area contributed by atoms with Crippen LogP contribution in [0, 0.1) is 13.8 Å². The molecule has 1 aliphatic rings. The third-order valence-electron chi connectivity index (χ3n) is 4.61. The van der Waals surface area contributed by atoms with E-state index in [1.54, 1.807) is 6.92 Å². The summed E-state index contributed by atoms with van der Waals surface area (Å²) in [6.45, 7) is 9.91. The summed E-state index contributed by atoms with van der Waals surface area (Å²) in [5, 5.41) is 3.15. The molecule has 3 rings (SSSR count). The summed E-state index contributed by atoms with van der Waals surface area (Å²) in [5.74, 6) is 1.42. The van der Waals surface area contributed by atoms with Gasteiger partial charge in [0.25, 0.3) is 5.91 Å². The van der Waals surface area contributed by atoms with Crippen LogP contribution in [0.15, 0.2) is 42.5 Å². The Balaban J connectivity index is 1.75. The molecule has 0 unspecified atom stereocenters. The fourth-order valence-corrected chi connectivity index (χ4v) is 3.34. The quantitative estimate of drug-likeness (QED) is 0.881. The van der Waals surface area contributed by atoms with Gasteiger partial charge in [0.2, 0.25) is 0 Å². The van der Waals surface area contributed by atoms with Crippen molar-refractivity contribution in [2.45, 2.75) is 58.8 Å². The summed E-state index contributed by atoms with van der Waals surface area (Å²) in [4.78, 5) is 12.7. The Labute approximate surface area is 155 Å². The molecule has 1 aliphatic heterocycles. The van der Waals surface area contributed by atoms with Gasteiger partial charge in [-0.3, -0.25) is 4.79 Å². The van der Waals surface area contributed by atoms with Gasteiger partial charge in [-0.15, -0.1) is 0 Å². The van der Waals surface area contributed by atoms with E-state index in [1.807, 2.05) is 64.1 Å². The van der Waals surface area contributed by atoms with Crippen LogP contribution in [0.3, 0.4) is 0 Å². The number of ether oxygens (including phenoxy) is 2. The lowest BCUT2D eigenvalue weighted by Crippen LogP contribution is -2.44. The number of amides is 1. The number of aryl methyl sites for hydroxylation is 2. The van der Waals surface area contributed by atoms with Crippen molar-refractivity contribution in [2.75, 3.05) is 0 Å². The molecule has 0 aromatic heterocycles. The van der Waals surface area contributed by atoms with Crippen LogP contribution in [0.25, 0.3) is 0 Å². The van der Waals surface area contributed by atoms with Crippen molar-refractivity contribution in [2.24, 2.45) is 0 Å². The normalized spacial score (nSPS) is 19.0. The van der Waals surface area contributed by atoms with E-state index in [0.29, 0.717) is 12.2 Å². The van der Waals surface area contributed by atoms with E-state index in [9.17, 15) is 4.79 Å². The number of carbonyl (C=O) groups excluding carboxylic acids is 1. The molecule has 0 spiro atoms. The molecule has 0 saturated carbocycles. The highest BCUT2D eigenvalue weighted by atomic mass is 16.5. The predicted molar refractivity (Wildman–Crippen MR) is 103 cm³/mol. The first-order valence-corrected chi connectivity index (χ1v) is 9.07. The highest BCUT2D eigenvalue weighted by molar-refractivity contribution is 5.81. The zero-order chi connectivity index (χ0) is 18.9. The number of rotatable bonds is 4. The van der Waals surface area contributed by atoms with Crippen molar-refractivity contribution < 1.29 is 14.3 Å². The molecule has 2 aromatic rings. The van der Waals surface area contributed by atoms with Gasteiger partial charge in [-0.2, -0.15) is 0 Å². The minimum absolute atomic E-state index is 0.0929. The Morgan fingerprint density at radius 2 is 1.92 bits per heavy atom. The van der Waals surface area contributed by atoms with E-state index < -0.39 is 6.10 Å². The lowest BCUT2D eigenvalue weighted by Gasteiger charge is -2.38. The van der Waals surface area contributed by atoms with E-state index in [1.165, 1.54) is 0 Å². The molecule has 0 radical (unpaired) electrons. The topological polar surface area (TPSA) is 47.6 Å². The smallest absolute Gasteiger partial charge is 0.261 e. The lowest BCUT2D eigenvalue weighted by molar-refractivity contribution is -0.128. The number of carbonyl (C=O) groups is 1. The van der Waals surface area contributed by atoms with Crippen LogP contribution >= 0.6 is 0 Å². The maximum atomic E-state index is 12.7. The van der Waals surface area contributed by atoms with Gasteiger partial charge in [-0.1, -0.05) is 29.8 Å². The average molecular weight is 353 g/mol. The lowest BCUT2D eigenvalue weighted by atomic mass is 9.89. The molecular formula is C22H27NO3. The third-order valence-corrected chi connectivity index (χ3v) is 4.61. The first-order valence-electron chi connectivity index (χ1n) is 9.07. The monoisotopic (exact) mass is 353 g/mol. The van der Waals surface area contributed by atoms with Crippen molar-refractivity contribution in [3.63, 3.8) is 0 Å². The van der Waals surface area contributed by atoms with Crippen molar-refractivity contribution in [1.82, 2.24) is 5.32 Å². The molecule has 2 aromatic carbocycles. The third kappa shape index (κ3) is 4.18. The van der Waals surface area contributed by atoms with Crippen LogP contribution in [0.5, 0.6) is 11.5 Å². The average Bonchev–Trinajstić information content (AvgIpc) is 2.54. The Bertz CT molecular complexity index is 813. The zero-order valence-electron chi connectivity index (χ0n) is 16.1. The fourth-order valence-electron chi connectivity index (χ4n) is 3.34. The van der Waals surface area contributed by atoms with Crippen LogP contribution < -0.4 is 14.8 Å². The largest absolute Gasteiger partial charge is 0.487 e. The van der Waals surface area contributed by atoms with Gasteiger partial charge >= 0.3 is 0 Å². The van der Waals surface area contributed by atoms with E-state index in [0.717, 1.165) is 22.4 Å². The van der Waals surface area contributed by atoms with Gasteiger partial charge in [0.1, 0.15) is 17.1 Å². The van der Waals surface area contributed by atoms with Crippen LogP contribution in [-0.4, -0.2) is 17.6 Å². The minimum Gasteiger partial charge on any atom is -0.487 e. The summed E-state index contributed by atoms with van der Waals surface area (Å²) in [6, 6.07) is 13.7. The predicted octanol–water partition coefficient (Wildman–Crippen LogP) is 4.49. The van der Waals surface area contributed by atoms with E-state index in [4.69, 9.17) is 9.47 Å². The van der Waals surface area contributed by atoms with E-state index in [-0.39, 0.29) is 17.6 Å². The van der Waals surface area contributed by atoms with Crippen LogP contribution in [0.2, 0.25) is 0 Å². The maximum Gasteiger partial charge on any atom is 0.261 e. The summed E-state index contributed by atoms with van der Waals surface area (Å²) >= 11 is 0. The maximum absolute atomic E-state index is 12.7. The Kier molecular flexibility index (Phi) is 4.94. The van der Waals surface area contributed by atoms with E-state index >= 15 is 0 Å². The van der Waals surface area contributed by atoms with Gasteiger partial charge in [-0.05, 0) is 58.4 Å². The fraction of sp³-hybridized carbons (Fsp3) is 0.409. The number of benzene rings is 2. The number of hydrogen-bond donors (Lipinski definition) is 1. The van der Waals surface area contributed by atoms with Gasteiger partial charge < -0.3 is 14.8 Å². The standard InChI is InChI=1S/C22H27NO3/c1-14-7-6-8-17(11-14)25-16(3)21(24)23-19-13-22(4,5)26-20-10-9-15(2)12-18(19)20/h6-12,16,19H,13H2,1-5H3,(H,23,24)/t16-,19+/m0/s1. The summed E-state index contributed by atoms with van der Waals surface area (Å²) in [6.07, 6.45) is 0.142. The highest BCUT2D eigenvalue weighted by Gasteiger charge is 2.35. The number of hydrogen-bond acceptors (Lipinski definition) is 3. The molecule has 0 saturated heterocycles. The molecule has 1 amide bonds. The minimum atomic E-state index is -0.573. The van der Waals surface area contributed by atoms with Crippen molar-refractivity contribution >= 4 is 5.91 Å². The molecule has 0 fully saturated rings. The zero-order valence-corrected chi connectivity index (χ0v) is 16.1. The second-order valence-electron chi connectivity index (χ2n) is 7.74. The Hall–Kier alpha value is -2.49. The molecule has 1 N–H and O–H groups in total. The summed E-state index contributed by atoms with van der Waals surface area (Å²) in [7, 11) is 0.